The van der Waals surface area contributed by atoms with Crippen LogP contribution in [0.4, 0.5) is 0 Å². The predicted molar refractivity (Wildman–Crippen MR) is 72.6 cm³/mol. The molecule has 2 amide bonds. The summed E-state index contributed by atoms with van der Waals surface area (Å²) in [4.78, 5) is 25.0. The van der Waals surface area contributed by atoms with E-state index in [4.69, 9.17) is 0 Å². The van der Waals surface area contributed by atoms with E-state index in [1.54, 1.807) is 0 Å². The zero-order valence-corrected chi connectivity index (χ0v) is 12.0. The third-order valence-corrected chi connectivity index (χ3v) is 3.87. The van der Waals surface area contributed by atoms with Crippen LogP contribution >= 0.6 is 0 Å². The zero-order chi connectivity index (χ0) is 14.3. The number of carbonyl (C=O) groups is 2. The Labute approximate surface area is 115 Å². The van der Waals surface area contributed by atoms with Crippen LogP contribution < -0.4 is 0 Å². The van der Waals surface area contributed by atoms with E-state index >= 15 is 0 Å². The summed E-state index contributed by atoms with van der Waals surface area (Å²) < 4.78 is 0. The molecular formula is C14H26N2O3. The average Bonchev–Trinajstić information content (AvgIpc) is 2.43. The van der Waals surface area contributed by atoms with Crippen molar-refractivity contribution >= 4 is 12.3 Å². The maximum Gasteiger partial charge on any atom is 0.233 e. The van der Waals surface area contributed by atoms with Crippen LogP contribution in [0.25, 0.3) is 0 Å². The highest BCUT2D eigenvalue weighted by Crippen LogP contribution is 2.21. The molecule has 0 saturated carbocycles. The Kier molecular flexibility index (Phi) is 6.84. The van der Waals surface area contributed by atoms with Crippen LogP contribution in [0.5, 0.6) is 0 Å². The SMILES string of the molecule is CCCCC(CN(O)C=O)C(=O)N1CCCCC1C. The van der Waals surface area contributed by atoms with E-state index < -0.39 is 0 Å². The van der Waals surface area contributed by atoms with Gasteiger partial charge in [0.05, 0.1) is 12.5 Å². The van der Waals surface area contributed by atoms with E-state index in [9.17, 15) is 14.8 Å². The van der Waals surface area contributed by atoms with Crippen LogP contribution in [0.1, 0.15) is 52.4 Å². The maximum absolute atomic E-state index is 12.5. The second-order valence-corrected chi connectivity index (χ2v) is 5.44. The van der Waals surface area contributed by atoms with Crippen molar-refractivity contribution in [3.8, 4) is 0 Å². The molecule has 1 N–H and O–H groups in total. The van der Waals surface area contributed by atoms with Gasteiger partial charge in [-0.15, -0.1) is 0 Å². The molecule has 5 heteroatoms. The molecule has 0 aromatic rings. The molecular weight excluding hydrogens is 244 g/mol. The lowest BCUT2D eigenvalue weighted by atomic mass is 9.96. The average molecular weight is 270 g/mol. The third kappa shape index (κ3) is 4.82. The molecule has 1 heterocycles. The summed E-state index contributed by atoms with van der Waals surface area (Å²) in [6.07, 6.45) is 6.30. The third-order valence-electron chi connectivity index (χ3n) is 3.87. The number of unbranched alkanes of at least 4 members (excludes halogenated alkanes) is 1. The monoisotopic (exact) mass is 270 g/mol. The van der Waals surface area contributed by atoms with Crippen molar-refractivity contribution in [1.29, 1.82) is 0 Å². The van der Waals surface area contributed by atoms with Crippen LogP contribution in [0.2, 0.25) is 0 Å². The fourth-order valence-electron chi connectivity index (χ4n) is 2.67. The number of likely N-dealkylation sites (tertiary alicyclic amines) is 1. The van der Waals surface area contributed by atoms with E-state index in [0.29, 0.717) is 11.5 Å². The standard InChI is InChI=1S/C14H26N2O3/c1-3-4-8-13(10-15(19)11-17)14(18)16-9-6-5-7-12(16)2/h11-13,19H,3-10H2,1-2H3. The number of amides is 2. The van der Waals surface area contributed by atoms with Gasteiger partial charge < -0.3 is 4.90 Å². The lowest BCUT2D eigenvalue weighted by Crippen LogP contribution is -2.47. The van der Waals surface area contributed by atoms with E-state index in [2.05, 4.69) is 13.8 Å². The number of nitrogens with zero attached hydrogens (tertiary/aromatic N) is 2. The number of hydroxylamine groups is 2. The first kappa shape index (κ1) is 16.0. The van der Waals surface area contributed by atoms with Crippen molar-refractivity contribution in [2.45, 2.75) is 58.4 Å². The van der Waals surface area contributed by atoms with Gasteiger partial charge in [-0.05, 0) is 32.6 Å². The zero-order valence-electron chi connectivity index (χ0n) is 12.0. The molecule has 1 aliphatic heterocycles. The van der Waals surface area contributed by atoms with Gasteiger partial charge >= 0.3 is 0 Å². The minimum atomic E-state index is -0.282. The van der Waals surface area contributed by atoms with Crippen molar-refractivity contribution in [2.75, 3.05) is 13.1 Å². The molecule has 1 rings (SSSR count). The highest BCUT2D eigenvalue weighted by molar-refractivity contribution is 5.79. The molecule has 2 atom stereocenters. The smallest absolute Gasteiger partial charge is 0.233 e. The van der Waals surface area contributed by atoms with E-state index in [-0.39, 0.29) is 24.4 Å². The topological polar surface area (TPSA) is 60.9 Å². The molecule has 0 aromatic heterocycles. The number of rotatable bonds is 7. The summed E-state index contributed by atoms with van der Waals surface area (Å²) in [6, 6.07) is 0.272. The van der Waals surface area contributed by atoms with Gasteiger partial charge in [-0.3, -0.25) is 14.8 Å². The molecule has 2 unspecified atom stereocenters. The van der Waals surface area contributed by atoms with Gasteiger partial charge in [0.1, 0.15) is 0 Å². The second-order valence-electron chi connectivity index (χ2n) is 5.44. The van der Waals surface area contributed by atoms with Crippen molar-refractivity contribution < 1.29 is 14.8 Å². The summed E-state index contributed by atoms with van der Waals surface area (Å²) in [6.45, 7) is 5.05. The second kappa shape index (κ2) is 8.15. The summed E-state index contributed by atoms with van der Waals surface area (Å²) >= 11 is 0. The van der Waals surface area contributed by atoms with Gasteiger partial charge in [0, 0.05) is 12.6 Å². The van der Waals surface area contributed by atoms with Crippen molar-refractivity contribution in [3.63, 3.8) is 0 Å². The van der Waals surface area contributed by atoms with Crippen LogP contribution in [0.15, 0.2) is 0 Å². The normalized spacial score (nSPS) is 21.0. The first-order valence-electron chi connectivity index (χ1n) is 7.31. The van der Waals surface area contributed by atoms with E-state index in [1.807, 2.05) is 4.90 Å². The highest BCUT2D eigenvalue weighted by atomic mass is 16.5. The number of hydrogen-bond acceptors (Lipinski definition) is 3. The molecule has 19 heavy (non-hydrogen) atoms. The molecule has 0 aromatic carbocycles. The quantitative estimate of drug-likeness (QED) is 0.437. The summed E-state index contributed by atoms with van der Waals surface area (Å²) in [5.41, 5.74) is 0. The summed E-state index contributed by atoms with van der Waals surface area (Å²) in [5.74, 6) is -0.197. The molecule has 1 fully saturated rings. The lowest BCUT2D eigenvalue weighted by molar-refractivity contribution is -0.158. The number of carbonyl (C=O) groups excluding carboxylic acids is 2. The van der Waals surface area contributed by atoms with Gasteiger partial charge in [-0.25, -0.2) is 5.06 Å². The Morgan fingerprint density at radius 1 is 1.53 bits per heavy atom. The fourth-order valence-corrected chi connectivity index (χ4v) is 2.67. The largest absolute Gasteiger partial charge is 0.340 e. The predicted octanol–water partition coefficient (Wildman–Crippen LogP) is 2.04. The molecule has 1 saturated heterocycles. The van der Waals surface area contributed by atoms with Crippen LogP contribution in [0, 0.1) is 5.92 Å². The Bertz CT molecular complexity index is 296. The molecule has 110 valence electrons. The van der Waals surface area contributed by atoms with Gasteiger partial charge in [0.2, 0.25) is 12.3 Å². The minimum absolute atomic E-state index is 0.0848. The van der Waals surface area contributed by atoms with Gasteiger partial charge in [-0.2, -0.15) is 0 Å². The van der Waals surface area contributed by atoms with Crippen LogP contribution in [-0.2, 0) is 9.59 Å². The molecule has 0 aliphatic carbocycles. The molecule has 0 radical (unpaired) electrons. The van der Waals surface area contributed by atoms with Crippen molar-refractivity contribution in [3.05, 3.63) is 0 Å². The molecule has 0 spiro atoms. The van der Waals surface area contributed by atoms with Crippen molar-refractivity contribution in [1.82, 2.24) is 9.96 Å². The van der Waals surface area contributed by atoms with Gasteiger partial charge in [0.15, 0.2) is 0 Å². The van der Waals surface area contributed by atoms with Crippen molar-refractivity contribution in [2.24, 2.45) is 5.92 Å². The van der Waals surface area contributed by atoms with E-state index in [1.165, 1.54) is 6.42 Å². The van der Waals surface area contributed by atoms with Crippen LogP contribution in [-0.4, -0.2) is 46.6 Å². The van der Waals surface area contributed by atoms with E-state index in [0.717, 1.165) is 38.6 Å². The Morgan fingerprint density at radius 2 is 2.26 bits per heavy atom. The molecule has 5 nitrogen and oxygen atoms in total. The maximum atomic E-state index is 12.5. The first-order chi connectivity index (χ1) is 9.10. The summed E-state index contributed by atoms with van der Waals surface area (Å²) in [7, 11) is 0. The van der Waals surface area contributed by atoms with Gasteiger partial charge in [-0.1, -0.05) is 19.8 Å². The van der Waals surface area contributed by atoms with Gasteiger partial charge in [0.25, 0.3) is 0 Å². The Balaban J connectivity index is 2.65. The molecule has 1 aliphatic rings. The Morgan fingerprint density at radius 3 is 2.84 bits per heavy atom. The molecule has 0 bridgehead atoms. The van der Waals surface area contributed by atoms with Crippen LogP contribution in [0.3, 0.4) is 0 Å². The summed E-state index contributed by atoms with van der Waals surface area (Å²) in [5, 5.41) is 9.93. The number of hydrogen-bond donors (Lipinski definition) is 1. The highest BCUT2D eigenvalue weighted by Gasteiger charge is 2.29. The minimum Gasteiger partial charge on any atom is -0.340 e. The lowest BCUT2D eigenvalue weighted by Gasteiger charge is -2.36. The first-order valence-corrected chi connectivity index (χ1v) is 7.31. The Hall–Kier alpha value is -1.10. The fraction of sp³-hybridized carbons (Fsp3) is 0.857. The number of piperidine rings is 1.